The molecule has 0 spiro atoms. The van der Waals surface area contributed by atoms with Gasteiger partial charge in [-0.05, 0) is 39.7 Å². The maximum Gasteiger partial charge on any atom is 0.242 e. The molecule has 4 amide bonds. The smallest absolute Gasteiger partial charge is 0.242 e. The Morgan fingerprint density at radius 3 is 2.25 bits per heavy atom. The minimum absolute atomic E-state index is 0.0458. The van der Waals surface area contributed by atoms with Crippen molar-refractivity contribution in [1.29, 1.82) is 0 Å². The Bertz CT molecular complexity index is 904. The second-order valence-corrected chi connectivity index (χ2v) is 8.69. The van der Waals surface area contributed by atoms with Crippen LogP contribution in [0.4, 0.5) is 4.39 Å². The SMILES string of the molecule is CC(C)NC(=O)[C@@H](C)N(Cc1ccccc1F)C(=O)CCN1C(=O)[C@H]2CC=CC[C@H]2C1=O. The van der Waals surface area contributed by atoms with Gasteiger partial charge in [-0.15, -0.1) is 0 Å². The number of carbonyl (C=O) groups excluding carboxylic acids is 4. The Labute approximate surface area is 187 Å². The summed E-state index contributed by atoms with van der Waals surface area (Å²) < 4.78 is 14.3. The summed E-state index contributed by atoms with van der Waals surface area (Å²) in [4.78, 5) is 53.5. The van der Waals surface area contributed by atoms with Gasteiger partial charge in [-0.2, -0.15) is 0 Å². The molecule has 32 heavy (non-hydrogen) atoms. The van der Waals surface area contributed by atoms with E-state index < -0.39 is 17.8 Å². The van der Waals surface area contributed by atoms with Gasteiger partial charge in [-0.3, -0.25) is 24.1 Å². The Balaban J connectivity index is 1.73. The molecule has 0 aromatic heterocycles. The van der Waals surface area contributed by atoms with E-state index in [1.165, 1.54) is 15.9 Å². The number of likely N-dealkylation sites (tertiary alicyclic amines) is 1. The van der Waals surface area contributed by atoms with E-state index in [9.17, 15) is 23.6 Å². The normalized spacial score (nSPS) is 21.0. The molecule has 3 atom stereocenters. The molecule has 1 aromatic carbocycles. The zero-order chi connectivity index (χ0) is 23.4. The first-order valence-electron chi connectivity index (χ1n) is 11.0. The predicted molar refractivity (Wildman–Crippen MR) is 116 cm³/mol. The number of amides is 4. The van der Waals surface area contributed by atoms with Gasteiger partial charge in [-0.1, -0.05) is 30.4 Å². The molecule has 0 bridgehead atoms. The van der Waals surface area contributed by atoms with Crippen molar-refractivity contribution in [3.05, 3.63) is 47.8 Å². The number of hydrogen-bond acceptors (Lipinski definition) is 4. The highest BCUT2D eigenvalue weighted by atomic mass is 19.1. The topological polar surface area (TPSA) is 86.8 Å². The van der Waals surface area contributed by atoms with Crippen molar-refractivity contribution >= 4 is 23.6 Å². The second-order valence-electron chi connectivity index (χ2n) is 8.69. The molecule has 7 nitrogen and oxygen atoms in total. The lowest BCUT2D eigenvalue weighted by atomic mass is 9.85. The van der Waals surface area contributed by atoms with Gasteiger partial charge in [0.15, 0.2) is 0 Å². The van der Waals surface area contributed by atoms with Gasteiger partial charge in [0.1, 0.15) is 11.9 Å². The number of fused-ring (bicyclic) bond motifs is 1. The molecular weight excluding hydrogens is 413 g/mol. The largest absolute Gasteiger partial charge is 0.352 e. The molecule has 0 unspecified atom stereocenters. The van der Waals surface area contributed by atoms with Crippen molar-refractivity contribution < 1.29 is 23.6 Å². The maximum atomic E-state index is 14.3. The summed E-state index contributed by atoms with van der Waals surface area (Å²) >= 11 is 0. The van der Waals surface area contributed by atoms with Crippen molar-refractivity contribution in [3.8, 4) is 0 Å². The first-order chi connectivity index (χ1) is 15.2. The third-order valence-corrected chi connectivity index (χ3v) is 6.04. The Morgan fingerprint density at radius 2 is 1.69 bits per heavy atom. The lowest BCUT2D eigenvalue weighted by Gasteiger charge is -2.30. The summed E-state index contributed by atoms with van der Waals surface area (Å²) in [6.07, 6.45) is 4.76. The molecule has 1 N–H and O–H groups in total. The molecule has 1 aliphatic carbocycles. The third-order valence-electron chi connectivity index (χ3n) is 6.04. The van der Waals surface area contributed by atoms with Crippen molar-refractivity contribution in [2.45, 2.75) is 58.7 Å². The van der Waals surface area contributed by atoms with Gasteiger partial charge in [0.05, 0.1) is 11.8 Å². The number of hydrogen-bond donors (Lipinski definition) is 1. The molecular formula is C24H30FN3O4. The van der Waals surface area contributed by atoms with E-state index in [0.29, 0.717) is 12.8 Å². The fourth-order valence-electron chi connectivity index (χ4n) is 4.24. The van der Waals surface area contributed by atoms with Gasteiger partial charge in [0.2, 0.25) is 23.6 Å². The molecule has 0 radical (unpaired) electrons. The predicted octanol–water partition coefficient (Wildman–Crippen LogP) is 2.41. The highest BCUT2D eigenvalue weighted by Crippen LogP contribution is 2.35. The van der Waals surface area contributed by atoms with Crippen LogP contribution in [-0.2, 0) is 25.7 Å². The molecule has 8 heteroatoms. The molecule has 1 heterocycles. The van der Waals surface area contributed by atoms with E-state index in [1.54, 1.807) is 25.1 Å². The second kappa shape index (κ2) is 10.1. The van der Waals surface area contributed by atoms with Gasteiger partial charge >= 0.3 is 0 Å². The highest BCUT2D eigenvalue weighted by molar-refractivity contribution is 6.05. The van der Waals surface area contributed by atoms with Crippen molar-refractivity contribution in [2.75, 3.05) is 6.54 Å². The summed E-state index contributed by atoms with van der Waals surface area (Å²) in [7, 11) is 0. The van der Waals surface area contributed by atoms with E-state index in [2.05, 4.69) is 5.32 Å². The zero-order valence-corrected chi connectivity index (χ0v) is 18.7. The van der Waals surface area contributed by atoms with Crippen LogP contribution < -0.4 is 5.32 Å². The summed E-state index contributed by atoms with van der Waals surface area (Å²) in [5, 5.41) is 2.77. The van der Waals surface area contributed by atoms with Crippen LogP contribution in [0.15, 0.2) is 36.4 Å². The number of nitrogens with one attached hydrogen (secondary N) is 1. The quantitative estimate of drug-likeness (QED) is 0.494. The van der Waals surface area contributed by atoms with Crippen LogP contribution in [-0.4, -0.2) is 52.1 Å². The average molecular weight is 444 g/mol. The minimum atomic E-state index is -0.846. The first kappa shape index (κ1) is 23.6. The van der Waals surface area contributed by atoms with E-state index in [1.807, 2.05) is 26.0 Å². The Morgan fingerprint density at radius 1 is 1.09 bits per heavy atom. The van der Waals surface area contributed by atoms with E-state index in [-0.39, 0.29) is 60.7 Å². The van der Waals surface area contributed by atoms with Crippen molar-refractivity contribution in [1.82, 2.24) is 15.1 Å². The maximum absolute atomic E-state index is 14.3. The van der Waals surface area contributed by atoms with Crippen molar-refractivity contribution in [2.24, 2.45) is 11.8 Å². The Kier molecular flexibility index (Phi) is 7.43. The summed E-state index contributed by atoms with van der Waals surface area (Å²) in [6.45, 7) is 5.08. The molecule has 1 fully saturated rings. The number of benzene rings is 1. The van der Waals surface area contributed by atoms with Crippen LogP contribution in [0.5, 0.6) is 0 Å². The summed E-state index contributed by atoms with van der Waals surface area (Å²) in [6, 6.07) is 5.12. The van der Waals surface area contributed by atoms with Gasteiger partial charge in [0, 0.05) is 31.1 Å². The fraction of sp³-hybridized carbons (Fsp3) is 0.500. The van der Waals surface area contributed by atoms with Crippen molar-refractivity contribution in [3.63, 3.8) is 0 Å². The van der Waals surface area contributed by atoms with E-state index >= 15 is 0 Å². The average Bonchev–Trinajstić information content (AvgIpc) is 3.00. The van der Waals surface area contributed by atoms with Crippen LogP contribution in [0.1, 0.15) is 45.6 Å². The monoisotopic (exact) mass is 443 g/mol. The minimum Gasteiger partial charge on any atom is -0.352 e. The molecule has 2 aliphatic rings. The van der Waals surface area contributed by atoms with E-state index in [0.717, 1.165) is 0 Å². The number of rotatable bonds is 8. The third kappa shape index (κ3) is 5.06. The number of halogens is 1. The van der Waals surface area contributed by atoms with Gasteiger partial charge in [0.25, 0.3) is 0 Å². The van der Waals surface area contributed by atoms with Crippen LogP contribution in [0.2, 0.25) is 0 Å². The number of imide groups is 1. The van der Waals surface area contributed by atoms with E-state index in [4.69, 9.17) is 0 Å². The molecule has 3 rings (SSSR count). The molecule has 0 saturated carbocycles. The first-order valence-corrected chi connectivity index (χ1v) is 11.0. The number of nitrogens with zero attached hydrogens (tertiary/aromatic N) is 2. The van der Waals surface area contributed by atoms with Crippen LogP contribution in [0, 0.1) is 17.7 Å². The zero-order valence-electron chi connectivity index (χ0n) is 18.7. The standard InChI is InChI=1S/C24H30FN3O4/c1-15(2)26-22(30)16(3)28(14-17-8-4-7-11-20(17)25)21(29)12-13-27-23(31)18-9-5-6-10-19(18)24(27)32/h4-8,11,15-16,18-19H,9-10,12-14H2,1-3H3,(H,26,30)/t16-,18-,19+/m1/s1. The van der Waals surface area contributed by atoms with Crippen LogP contribution in [0.3, 0.4) is 0 Å². The van der Waals surface area contributed by atoms with Crippen LogP contribution in [0.25, 0.3) is 0 Å². The van der Waals surface area contributed by atoms with Gasteiger partial charge in [-0.25, -0.2) is 4.39 Å². The fourth-order valence-corrected chi connectivity index (χ4v) is 4.24. The molecule has 172 valence electrons. The van der Waals surface area contributed by atoms with Gasteiger partial charge < -0.3 is 10.2 Å². The molecule has 1 aliphatic heterocycles. The van der Waals surface area contributed by atoms with Crippen LogP contribution >= 0.6 is 0 Å². The Hall–Kier alpha value is -3.03. The molecule has 1 saturated heterocycles. The highest BCUT2D eigenvalue weighted by Gasteiger charge is 2.47. The number of carbonyl (C=O) groups is 4. The summed E-state index contributed by atoms with van der Waals surface area (Å²) in [5.41, 5.74) is 0.287. The lowest BCUT2D eigenvalue weighted by molar-refractivity contribution is -0.143. The number of allylic oxidation sites excluding steroid dienone is 2. The lowest BCUT2D eigenvalue weighted by Crippen LogP contribution is -2.49. The summed E-state index contributed by atoms with van der Waals surface area (Å²) in [5.74, 6) is -2.45. The molecule has 1 aromatic rings.